The van der Waals surface area contributed by atoms with Crippen molar-refractivity contribution >= 4 is 0 Å². The number of rotatable bonds is 5. The van der Waals surface area contributed by atoms with Crippen LogP contribution in [0, 0.1) is 6.92 Å². The summed E-state index contributed by atoms with van der Waals surface area (Å²) in [5.41, 5.74) is 2.56. The first kappa shape index (κ1) is 11.2. The first-order valence-electron chi connectivity index (χ1n) is 5.39. The molecule has 0 bridgehead atoms. The van der Waals surface area contributed by atoms with Crippen molar-refractivity contribution in [1.82, 2.24) is 15.1 Å². The Morgan fingerprint density at radius 1 is 1.43 bits per heavy atom. The molecule has 3 heteroatoms. The van der Waals surface area contributed by atoms with Crippen molar-refractivity contribution in [1.29, 1.82) is 0 Å². The van der Waals surface area contributed by atoms with Gasteiger partial charge in [0.2, 0.25) is 0 Å². The zero-order valence-electron chi connectivity index (χ0n) is 9.67. The molecule has 0 unspecified atom stereocenters. The third-order valence-electron chi connectivity index (χ3n) is 2.90. The minimum Gasteiger partial charge on any atom is -0.310 e. The summed E-state index contributed by atoms with van der Waals surface area (Å²) in [5.74, 6) is 0. The lowest BCUT2D eigenvalue weighted by Crippen LogP contribution is -2.27. The third-order valence-corrected chi connectivity index (χ3v) is 2.90. The van der Waals surface area contributed by atoms with Gasteiger partial charge in [0, 0.05) is 30.9 Å². The maximum absolute atomic E-state index is 4.22. The van der Waals surface area contributed by atoms with Gasteiger partial charge >= 0.3 is 0 Å². The molecule has 1 aromatic heterocycles. The normalized spacial score (nSPS) is 11.2. The monoisotopic (exact) mass is 195 g/mol. The highest BCUT2D eigenvalue weighted by Gasteiger charge is 2.06. The van der Waals surface area contributed by atoms with Crippen molar-refractivity contribution in [2.24, 2.45) is 7.05 Å². The molecule has 1 N–H and O–H groups in total. The van der Waals surface area contributed by atoms with Gasteiger partial charge in [-0.25, -0.2) is 0 Å². The van der Waals surface area contributed by atoms with E-state index in [2.05, 4.69) is 31.2 Å². The van der Waals surface area contributed by atoms with Gasteiger partial charge in [-0.1, -0.05) is 13.8 Å². The van der Waals surface area contributed by atoms with Crippen LogP contribution < -0.4 is 5.32 Å². The second kappa shape index (κ2) is 5.15. The Balaban J connectivity index is 2.49. The quantitative estimate of drug-likeness (QED) is 0.779. The van der Waals surface area contributed by atoms with Crippen LogP contribution in [-0.4, -0.2) is 15.8 Å². The Labute approximate surface area is 86.5 Å². The van der Waals surface area contributed by atoms with Gasteiger partial charge < -0.3 is 5.32 Å². The van der Waals surface area contributed by atoms with Crippen molar-refractivity contribution in [2.75, 3.05) is 0 Å². The molecular formula is C11H21N3. The Morgan fingerprint density at radius 3 is 2.50 bits per heavy atom. The second-order valence-corrected chi connectivity index (χ2v) is 3.77. The summed E-state index contributed by atoms with van der Waals surface area (Å²) >= 11 is 0. The minimum absolute atomic E-state index is 0.634. The van der Waals surface area contributed by atoms with Gasteiger partial charge in [0.25, 0.3) is 0 Å². The van der Waals surface area contributed by atoms with Crippen molar-refractivity contribution < 1.29 is 0 Å². The first-order chi connectivity index (χ1) is 6.69. The van der Waals surface area contributed by atoms with E-state index in [9.17, 15) is 0 Å². The van der Waals surface area contributed by atoms with Crippen LogP contribution in [0.25, 0.3) is 0 Å². The van der Waals surface area contributed by atoms with E-state index in [-0.39, 0.29) is 0 Å². The fraction of sp³-hybridized carbons (Fsp3) is 0.727. The van der Waals surface area contributed by atoms with Crippen LogP contribution in [0.15, 0.2) is 6.20 Å². The third kappa shape index (κ3) is 2.58. The highest BCUT2D eigenvalue weighted by atomic mass is 15.3. The average Bonchev–Trinajstić information content (AvgIpc) is 2.51. The fourth-order valence-electron chi connectivity index (χ4n) is 1.55. The molecule has 0 aliphatic heterocycles. The van der Waals surface area contributed by atoms with E-state index in [0.717, 1.165) is 6.54 Å². The van der Waals surface area contributed by atoms with Crippen LogP contribution in [0.3, 0.4) is 0 Å². The number of aryl methyl sites for hydroxylation is 1. The molecule has 0 saturated heterocycles. The Kier molecular flexibility index (Phi) is 4.14. The molecular weight excluding hydrogens is 174 g/mol. The van der Waals surface area contributed by atoms with Crippen molar-refractivity contribution in [2.45, 2.75) is 46.2 Å². The lowest BCUT2D eigenvalue weighted by Gasteiger charge is -2.14. The van der Waals surface area contributed by atoms with Crippen LogP contribution in [0.5, 0.6) is 0 Å². The summed E-state index contributed by atoms with van der Waals surface area (Å²) in [6, 6.07) is 0.634. The maximum Gasteiger partial charge on any atom is 0.0537 e. The summed E-state index contributed by atoms with van der Waals surface area (Å²) < 4.78 is 1.92. The minimum atomic E-state index is 0.634. The molecule has 0 radical (unpaired) electrons. The summed E-state index contributed by atoms with van der Waals surface area (Å²) in [4.78, 5) is 0. The number of nitrogens with zero attached hydrogens (tertiary/aromatic N) is 2. The lowest BCUT2D eigenvalue weighted by molar-refractivity contribution is 0.483. The summed E-state index contributed by atoms with van der Waals surface area (Å²) in [6.07, 6.45) is 4.33. The van der Waals surface area contributed by atoms with Gasteiger partial charge in [-0.05, 0) is 19.8 Å². The molecule has 0 atom stereocenters. The molecule has 1 rings (SSSR count). The van der Waals surface area contributed by atoms with Crippen molar-refractivity contribution in [3.63, 3.8) is 0 Å². The summed E-state index contributed by atoms with van der Waals surface area (Å²) in [6.45, 7) is 7.48. The van der Waals surface area contributed by atoms with Crippen LogP contribution in [-0.2, 0) is 13.6 Å². The topological polar surface area (TPSA) is 29.9 Å². The first-order valence-corrected chi connectivity index (χ1v) is 5.39. The van der Waals surface area contributed by atoms with E-state index in [1.165, 1.54) is 24.1 Å². The van der Waals surface area contributed by atoms with Crippen molar-refractivity contribution in [3.8, 4) is 0 Å². The number of aromatic nitrogens is 2. The van der Waals surface area contributed by atoms with E-state index in [1.54, 1.807) is 0 Å². The van der Waals surface area contributed by atoms with E-state index >= 15 is 0 Å². The molecule has 0 aromatic carbocycles. The van der Waals surface area contributed by atoms with Crippen molar-refractivity contribution in [3.05, 3.63) is 17.5 Å². The zero-order chi connectivity index (χ0) is 10.6. The molecule has 80 valence electrons. The van der Waals surface area contributed by atoms with E-state index in [1.807, 2.05) is 17.9 Å². The van der Waals surface area contributed by atoms with Crippen LogP contribution >= 0.6 is 0 Å². The number of hydrogen-bond donors (Lipinski definition) is 1. The van der Waals surface area contributed by atoms with Crippen LogP contribution in [0.1, 0.15) is 37.9 Å². The second-order valence-electron chi connectivity index (χ2n) is 3.77. The Hall–Kier alpha value is -0.830. The predicted molar refractivity (Wildman–Crippen MR) is 59.2 cm³/mol. The van der Waals surface area contributed by atoms with Gasteiger partial charge in [0.1, 0.15) is 0 Å². The van der Waals surface area contributed by atoms with E-state index in [4.69, 9.17) is 0 Å². The molecule has 0 aliphatic carbocycles. The highest BCUT2D eigenvalue weighted by Crippen LogP contribution is 2.06. The van der Waals surface area contributed by atoms with Gasteiger partial charge in [-0.2, -0.15) is 5.10 Å². The summed E-state index contributed by atoms with van der Waals surface area (Å²) in [7, 11) is 1.98. The molecule has 0 saturated carbocycles. The molecule has 1 heterocycles. The van der Waals surface area contributed by atoms with E-state index in [0.29, 0.717) is 6.04 Å². The van der Waals surface area contributed by atoms with Gasteiger partial charge in [0.15, 0.2) is 0 Å². The Morgan fingerprint density at radius 2 is 2.07 bits per heavy atom. The van der Waals surface area contributed by atoms with Gasteiger partial charge in [-0.3, -0.25) is 4.68 Å². The fourth-order valence-corrected chi connectivity index (χ4v) is 1.55. The van der Waals surface area contributed by atoms with Gasteiger partial charge in [-0.15, -0.1) is 0 Å². The summed E-state index contributed by atoms with van der Waals surface area (Å²) in [5, 5.41) is 7.76. The smallest absolute Gasteiger partial charge is 0.0537 e. The predicted octanol–water partition coefficient (Wildman–Crippen LogP) is 2.01. The molecule has 0 fully saturated rings. The molecule has 0 spiro atoms. The SMILES string of the molecule is CCC(CC)NCc1cnn(C)c1C. The Bertz CT molecular complexity index is 274. The lowest BCUT2D eigenvalue weighted by atomic mass is 10.1. The maximum atomic E-state index is 4.22. The standard InChI is InChI=1S/C11H21N3/c1-5-11(6-2)12-7-10-8-13-14(4)9(10)3/h8,11-12H,5-7H2,1-4H3. The molecule has 0 amide bonds. The number of hydrogen-bond acceptors (Lipinski definition) is 2. The average molecular weight is 195 g/mol. The zero-order valence-corrected chi connectivity index (χ0v) is 9.67. The molecule has 14 heavy (non-hydrogen) atoms. The molecule has 0 aliphatic rings. The highest BCUT2D eigenvalue weighted by molar-refractivity contribution is 5.15. The number of nitrogens with one attached hydrogen (secondary N) is 1. The molecule has 3 nitrogen and oxygen atoms in total. The largest absolute Gasteiger partial charge is 0.310 e. The van der Waals surface area contributed by atoms with Crippen LogP contribution in [0.2, 0.25) is 0 Å². The van der Waals surface area contributed by atoms with E-state index < -0.39 is 0 Å². The van der Waals surface area contributed by atoms with Crippen LogP contribution in [0.4, 0.5) is 0 Å². The molecule has 1 aromatic rings. The van der Waals surface area contributed by atoms with Gasteiger partial charge in [0.05, 0.1) is 6.20 Å².